The first-order chi connectivity index (χ1) is 17.2. The predicted molar refractivity (Wildman–Crippen MR) is 137 cm³/mol. The van der Waals surface area contributed by atoms with Gasteiger partial charge in [0.25, 0.3) is 11.8 Å². The van der Waals surface area contributed by atoms with Gasteiger partial charge in [0.1, 0.15) is 11.9 Å². The lowest BCUT2D eigenvalue weighted by atomic mass is 9.98. The van der Waals surface area contributed by atoms with Gasteiger partial charge in [0.05, 0.1) is 11.4 Å². The zero-order valence-electron chi connectivity index (χ0n) is 19.9. The fraction of sp³-hybridized carbons (Fsp3) is 0.375. The zero-order chi connectivity index (χ0) is 25.6. The summed E-state index contributed by atoms with van der Waals surface area (Å²) in [6.07, 6.45) is 1.97. The number of thioether (sulfide) groups is 1. The average molecular weight is 510 g/mol. The summed E-state index contributed by atoms with van der Waals surface area (Å²) < 4.78 is 1.81. The van der Waals surface area contributed by atoms with Crippen LogP contribution in [0.1, 0.15) is 28.8 Å². The summed E-state index contributed by atoms with van der Waals surface area (Å²) in [5.41, 5.74) is 2.73. The SMILES string of the molecule is C=C(SC(=N)N1CCC[C@H]1C(=O)O)C(=O)Nc1cc2n(n1)CCN2c1ccc2c(c1)CCN(C)C2=O. The first kappa shape index (κ1) is 23.9. The normalized spacial score (nSPS) is 18.8. The Morgan fingerprint density at radius 1 is 1.22 bits per heavy atom. The molecule has 1 fully saturated rings. The van der Waals surface area contributed by atoms with E-state index in [1.54, 1.807) is 11.0 Å². The van der Waals surface area contributed by atoms with Crippen LogP contribution in [-0.4, -0.2) is 80.4 Å². The van der Waals surface area contributed by atoms with Crippen LogP contribution in [0.15, 0.2) is 35.7 Å². The van der Waals surface area contributed by atoms with E-state index >= 15 is 0 Å². The van der Waals surface area contributed by atoms with Crippen LogP contribution in [0.4, 0.5) is 17.3 Å². The third-order valence-corrected chi connectivity index (χ3v) is 7.64. The first-order valence-electron chi connectivity index (χ1n) is 11.7. The minimum Gasteiger partial charge on any atom is -0.480 e. The highest BCUT2D eigenvalue weighted by atomic mass is 32.2. The molecule has 36 heavy (non-hydrogen) atoms. The van der Waals surface area contributed by atoms with Crippen LogP contribution >= 0.6 is 11.8 Å². The molecule has 3 aliphatic heterocycles. The molecule has 3 aliphatic rings. The van der Waals surface area contributed by atoms with Crippen molar-refractivity contribution < 1.29 is 19.5 Å². The minimum atomic E-state index is -0.970. The fourth-order valence-corrected chi connectivity index (χ4v) is 5.57. The van der Waals surface area contributed by atoms with Gasteiger partial charge in [-0.25, -0.2) is 9.48 Å². The molecule has 0 spiro atoms. The van der Waals surface area contributed by atoms with Crippen molar-refractivity contribution >= 4 is 52.0 Å². The summed E-state index contributed by atoms with van der Waals surface area (Å²) in [6, 6.07) is 6.89. The van der Waals surface area contributed by atoms with Crippen molar-refractivity contribution in [1.29, 1.82) is 5.41 Å². The number of rotatable bonds is 5. The molecule has 1 aromatic carbocycles. The molecule has 12 heteroatoms. The Hall–Kier alpha value is -3.80. The molecule has 2 amide bonds. The number of likely N-dealkylation sites (N-methyl/N-ethyl adjacent to an activating group) is 1. The molecular formula is C24H27N7O4S. The lowest BCUT2D eigenvalue weighted by Crippen LogP contribution is -2.39. The number of amidine groups is 1. The number of carbonyl (C=O) groups excluding carboxylic acids is 2. The Bertz CT molecular complexity index is 1290. The Balaban J connectivity index is 1.25. The number of amides is 2. The highest BCUT2D eigenvalue weighted by molar-refractivity contribution is 8.17. The summed E-state index contributed by atoms with van der Waals surface area (Å²) >= 11 is 0.850. The molecule has 0 bridgehead atoms. The zero-order valence-corrected chi connectivity index (χ0v) is 20.7. The van der Waals surface area contributed by atoms with Gasteiger partial charge >= 0.3 is 5.97 Å². The van der Waals surface area contributed by atoms with Gasteiger partial charge in [-0.3, -0.25) is 15.0 Å². The number of aromatic nitrogens is 2. The number of carbonyl (C=O) groups is 3. The standard InChI is InChI=1S/C24H27N7O4S/c1-14(36-24(25)30-8-3-4-18(30)23(34)35)21(32)26-19-13-20-29(10-11-31(20)27-19)16-5-6-17-15(12-16)7-9-28(2)22(17)33/h5-6,12-13,18,25H,1,3-4,7-11H2,2H3,(H,34,35)(H,26,27,32)/t18-/m0/s1. The summed E-state index contributed by atoms with van der Waals surface area (Å²) in [7, 11) is 1.81. The van der Waals surface area contributed by atoms with Crippen molar-refractivity contribution in [2.45, 2.75) is 31.8 Å². The Morgan fingerprint density at radius 3 is 2.81 bits per heavy atom. The molecular weight excluding hydrogens is 482 g/mol. The van der Waals surface area contributed by atoms with Gasteiger partial charge < -0.3 is 25.1 Å². The number of carboxylic acid groups (broad SMARTS) is 1. The van der Waals surface area contributed by atoms with Crippen molar-refractivity contribution in [1.82, 2.24) is 19.6 Å². The lowest BCUT2D eigenvalue weighted by Gasteiger charge is -2.26. The molecule has 0 saturated carbocycles. The Morgan fingerprint density at radius 2 is 2.03 bits per heavy atom. The van der Waals surface area contributed by atoms with E-state index in [0.717, 1.165) is 47.4 Å². The molecule has 1 aromatic heterocycles. The largest absolute Gasteiger partial charge is 0.480 e. The number of nitrogens with zero attached hydrogens (tertiary/aromatic N) is 5. The van der Waals surface area contributed by atoms with E-state index in [9.17, 15) is 19.5 Å². The summed E-state index contributed by atoms with van der Waals surface area (Å²) in [4.78, 5) is 41.9. The van der Waals surface area contributed by atoms with Crippen LogP contribution in [0.5, 0.6) is 0 Å². The van der Waals surface area contributed by atoms with Crippen molar-refractivity contribution in [2.75, 3.05) is 36.9 Å². The second-order valence-corrected chi connectivity index (χ2v) is 10.1. The highest BCUT2D eigenvalue weighted by Crippen LogP contribution is 2.34. The monoisotopic (exact) mass is 509 g/mol. The highest BCUT2D eigenvalue weighted by Gasteiger charge is 2.33. The van der Waals surface area contributed by atoms with Crippen LogP contribution in [0.3, 0.4) is 0 Å². The van der Waals surface area contributed by atoms with Gasteiger partial charge in [-0.2, -0.15) is 5.10 Å². The molecule has 0 radical (unpaired) electrons. The van der Waals surface area contributed by atoms with Gasteiger partial charge in [-0.1, -0.05) is 6.58 Å². The number of likely N-dealkylation sites (tertiary alicyclic amines) is 1. The number of nitrogens with one attached hydrogen (secondary N) is 2. The predicted octanol–water partition coefficient (Wildman–Crippen LogP) is 2.33. The molecule has 4 heterocycles. The van der Waals surface area contributed by atoms with Gasteiger partial charge in [0.15, 0.2) is 11.0 Å². The Labute approximate surface area is 212 Å². The summed E-state index contributed by atoms with van der Waals surface area (Å²) in [5, 5.41) is 24.8. The maximum Gasteiger partial charge on any atom is 0.326 e. The molecule has 2 aromatic rings. The Kier molecular flexibility index (Phi) is 6.20. The lowest BCUT2D eigenvalue weighted by molar-refractivity contribution is -0.140. The number of carboxylic acids is 1. The molecule has 1 saturated heterocycles. The number of hydrogen-bond acceptors (Lipinski definition) is 7. The van der Waals surface area contributed by atoms with E-state index in [-0.39, 0.29) is 16.0 Å². The molecule has 1 atom stereocenters. The first-order valence-corrected chi connectivity index (χ1v) is 12.5. The van der Waals surface area contributed by atoms with Crippen LogP contribution in [-0.2, 0) is 22.6 Å². The quantitative estimate of drug-likeness (QED) is 0.318. The number of anilines is 3. The average Bonchev–Trinajstić information content (AvgIpc) is 3.57. The summed E-state index contributed by atoms with van der Waals surface area (Å²) in [5.74, 6) is -0.226. The maximum absolute atomic E-state index is 12.7. The third kappa shape index (κ3) is 4.32. The van der Waals surface area contributed by atoms with E-state index in [2.05, 4.69) is 21.9 Å². The number of aliphatic carboxylic acids is 1. The number of fused-ring (bicyclic) bond motifs is 2. The van der Waals surface area contributed by atoms with Gasteiger partial charge in [0.2, 0.25) is 0 Å². The van der Waals surface area contributed by atoms with Crippen LogP contribution < -0.4 is 10.2 Å². The van der Waals surface area contributed by atoms with Crippen molar-refractivity contribution in [2.24, 2.45) is 0 Å². The van der Waals surface area contributed by atoms with Gasteiger partial charge in [-0.05, 0) is 54.8 Å². The van der Waals surface area contributed by atoms with Gasteiger partial charge in [0, 0.05) is 44.0 Å². The molecule has 188 valence electrons. The van der Waals surface area contributed by atoms with Crippen molar-refractivity contribution in [3.05, 3.63) is 46.9 Å². The molecule has 3 N–H and O–H groups in total. The number of hydrogen-bond donors (Lipinski definition) is 3. The second-order valence-electron chi connectivity index (χ2n) is 9.05. The van der Waals surface area contributed by atoms with Gasteiger partial charge in [-0.15, -0.1) is 0 Å². The van der Waals surface area contributed by atoms with Crippen LogP contribution in [0, 0.1) is 5.41 Å². The van der Waals surface area contributed by atoms with E-state index in [4.69, 9.17) is 5.41 Å². The fourth-order valence-electron chi connectivity index (χ4n) is 4.85. The van der Waals surface area contributed by atoms with Crippen LogP contribution in [0.2, 0.25) is 0 Å². The number of benzene rings is 1. The molecule has 0 unspecified atom stereocenters. The molecule has 11 nitrogen and oxygen atoms in total. The van der Waals surface area contributed by atoms with Crippen LogP contribution in [0.25, 0.3) is 0 Å². The second kappa shape index (κ2) is 9.34. The summed E-state index contributed by atoms with van der Waals surface area (Å²) in [6.45, 7) is 6.30. The molecule has 0 aliphatic carbocycles. The molecule has 5 rings (SSSR count). The van der Waals surface area contributed by atoms with E-state index in [1.807, 2.05) is 29.9 Å². The smallest absolute Gasteiger partial charge is 0.326 e. The van der Waals surface area contributed by atoms with E-state index in [0.29, 0.717) is 38.3 Å². The maximum atomic E-state index is 12.7. The van der Waals surface area contributed by atoms with Crippen molar-refractivity contribution in [3.63, 3.8) is 0 Å². The minimum absolute atomic E-state index is 0.00403. The van der Waals surface area contributed by atoms with E-state index < -0.39 is 17.9 Å². The topological polar surface area (TPSA) is 135 Å². The van der Waals surface area contributed by atoms with Crippen molar-refractivity contribution in [3.8, 4) is 0 Å². The van der Waals surface area contributed by atoms with E-state index in [1.165, 1.54) is 4.90 Å². The third-order valence-electron chi connectivity index (χ3n) is 6.78.